The molecule has 3 heterocycles. The van der Waals surface area contributed by atoms with Gasteiger partial charge in [-0.15, -0.1) is 0 Å². The van der Waals surface area contributed by atoms with Crippen LogP contribution in [0, 0.1) is 66.5 Å². The van der Waals surface area contributed by atoms with E-state index >= 15 is 0 Å². The van der Waals surface area contributed by atoms with Crippen LogP contribution in [-0.2, 0) is 15.6 Å². The van der Waals surface area contributed by atoms with E-state index in [0.29, 0.717) is 0 Å². The van der Waals surface area contributed by atoms with Crippen LogP contribution in [0.2, 0.25) is 0 Å². The maximum absolute atomic E-state index is 10.7. The van der Waals surface area contributed by atoms with Crippen molar-refractivity contribution in [3.63, 3.8) is 0 Å². The third kappa shape index (κ3) is 12.7. The fourth-order valence-electron chi connectivity index (χ4n) is 7.89. The van der Waals surface area contributed by atoms with Crippen molar-refractivity contribution in [2.75, 3.05) is 54.7 Å². The summed E-state index contributed by atoms with van der Waals surface area (Å²) in [5.41, 5.74) is 15.9. The molecule has 0 N–H and O–H groups in total. The van der Waals surface area contributed by atoms with Gasteiger partial charge in [0.1, 0.15) is 0 Å². The molecule has 16 heteroatoms. The van der Waals surface area contributed by atoms with Crippen LogP contribution in [0.1, 0.15) is 50.1 Å². The fourth-order valence-corrected chi connectivity index (χ4v) is 7.89. The predicted molar refractivity (Wildman–Crippen MR) is 209 cm³/mol. The van der Waals surface area contributed by atoms with Crippen LogP contribution < -0.4 is 14.7 Å². The normalized spacial score (nSPS) is 16.4. The molecule has 3 aliphatic rings. The molecule has 0 spiro atoms. The van der Waals surface area contributed by atoms with Gasteiger partial charge in [-0.2, -0.15) is 0 Å². The summed E-state index contributed by atoms with van der Waals surface area (Å²) >= 11 is 2.25. The average molecular weight is 833 g/mol. The number of halogens is 6. The van der Waals surface area contributed by atoms with Crippen molar-refractivity contribution in [1.29, 1.82) is 4.20 Å². The summed E-state index contributed by atoms with van der Waals surface area (Å²) in [5, 5.41) is 0. The van der Waals surface area contributed by atoms with Crippen molar-refractivity contribution < 1.29 is 40.8 Å². The first-order valence-corrected chi connectivity index (χ1v) is 20.2. The summed E-state index contributed by atoms with van der Waals surface area (Å²) in [6, 6.07) is 13.7. The van der Waals surface area contributed by atoms with Crippen molar-refractivity contribution in [2.45, 2.75) is 62.3 Å². The van der Waals surface area contributed by atoms with E-state index in [-0.39, 0.29) is 0 Å². The van der Waals surface area contributed by atoms with Gasteiger partial charge in [0, 0.05) is 54.3 Å². The molecule has 6 rings (SSSR count). The van der Waals surface area contributed by atoms with Crippen molar-refractivity contribution >= 4 is 24.9 Å². The van der Waals surface area contributed by atoms with Crippen LogP contribution in [-0.4, -0.2) is 59.6 Å². The Kier molecular flexibility index (Phi) is 12.8. The quantitative estimate of drug-likeness (QED) is 0.120. The Morgan fingerprint density at radius 2 is 0.655 bits per heavy atom. The van der Waals surface area contributed by atoms with Crippen molar-refractivity contribution in [3.05, 3.63) is 124 Å². The zero-order valence-electron chi connectivity index (χ0n) is 32.8. The Balaban J connectivity index is 0.000000674. The van der Waals surface area contributed by atoms with Gasteiger partial charge in [0.15, 0.2) is 0 Å². The number of anilines is 3. The number of rotatable bonds is 9. The van der Waals surface area contributed by atoms with Crippen LogP contribution in [0.25, 0.3) is 0 Å². The van der Waals surface area contributed by atoms with Crippen LogP contribution in [0.5, 0.6) is 0 Å². The number of aryl methyl sites for hydroxylation is 9. The molecule has 3 aromatic carbocycles. The molecule has 0 atom stereocenters. The molecule has 0 saturated carbocycles. The second kappa shape index (κ2) is 16.2. The van der Waals surface area contributed by atoms with Gasteiger partial charge in [-0.25, -0.2) is 0 Å². The molecule has 0 unspecified atom stereocenters. The molecule has 0 fully saturated rings. The van der Waals surface area contributed by atoms with E-state index in [1.165, 1.54) is 67.1 Å². The van der Waals surface area contributed by atoms with E-state index in [9.17, 15) is 25.2 Å². The summed E-state index contributed by atoms with van der Waals surface area (Å²) in [6.07, 6.45) is 13.5. The van der Waals surface area contributed by atoms with Crippen LogP contribution in [0.15, 0.2) is 73.6 Å². The molecule has 3 aliphatic heterocycles. The third-order valence-corrected chi connectivity index (χ3v) is 9.29. The van der Waals surface area contributed by atoms with E-state index in [0.717, 1.165) is 40.0 Å². The zero-order valence-corrected chi connectivity index (χ0v) is 34.8. The summed E-state index contributed by atoms with van der Waals surface area (Å²) in [7, 11) is -10.7. The number of hydrogen-bond donors (Lipinski definition) is 0. The zero-order chi connectivity index (χ0) is 41.1. The monoisotopic (exact) mass is 832 g/mol. The molecule has 0 aliphatic carbocycles. The van der Waals surface area contributed by atoms with E-state index in [2.05, 4.69) is 186 Å². The van der Waals surface area contributed by atoms with Crippen LogP contribution in [0.4, 0.5) is 42.2 Å². The molecule has 0 bridgehead atoms. The molecule has 0 aromatic heterocycles. The maximum atomic E-state index is 9.87. The topological polar surface area (TPSA) is 46.5 Å². The summed E-state index contributed by atoms with van der Waals surface area (Å²) < 4.78 is 65.9. The van der Waals surface area contributed by atoms with Gasteiger partial charge < -0.3 is 29.4 Å². The molecule has 55 heavy (non-hydrogen) atoms. The van der Waals surface area contributed by atoms with E-state index < -0.39 is 7.81 Å². The molecular formula is C39H51F6FeN8P-. The van der Waals surface area contributed by atoms with Gasteiger partial charge in [0.2, 0.25) is 0 Å². The molecular weight excluding hydrogens is 781 g/mol. The first-order chi connectivity index (χ1) is 25.4. The van der Waals surface area contributed by atoms with Crippen molar-refractivity contribution in [1.82, 2.24) is 19.6 Å². The van der Waals surface area contributed by atoms with Gasteiger partial charge in [-0.05, 0) is 95.7 Å². The van der Waals surface area contributed by atoms with Gasteiger partial charge in [-0.1, -0.05) is 53.1 Å². The summed E-state index contributed by atoms with van der Waals surface area (Å²) in [4.78, 5) is 17.0. The summed E-state index contributed by atoms with van der Waals surface area (Å²) in [5.74, 6) is 0. The molecule has 3 aromatic rings. The summed E-state index contributed by atoms with van der Waals surface area (Å²) in [6.45, 7) is 24.9. The minimum absolute atomic E-state index is 0.830. The van der Waals surface area contributed by atoms with Gasteiger partial charge in [-0.3, -0.25) is 4.90 Å². The Morgan fingerprint density at radius 3 is 0.855 bits per heavy atom. The molecule has 303 valence electrons. The third-order valence-electron chi connectivity index (χ3n) is 9.29. The first kappa shape index (κ1) is 43.6. The Morgan fingerprint density at radius 1 is 0.455 bits per heavy atom. The number of hydrogen-bond acceptors (Lipinski definition) is 8. The molecule has 0 radical (unpaired) electrons. The molecule has 0 amide bonds. The Labute approximate surface area is 329 Å². The van der Waals surface area contributed by atoms with Gasteiger partial charge in [0.25, 0.3) is 0 Å². The second-order valence-corrected chi connectivity index (χ2v) is 16.7. The van der Waals surface area contributed by atoms with Gasteiger partial charge in [0.05, 0.1) is 40.0 Å². The van der Waals surface area contributed by atoms with E-state index in [4.69, 9.17) is 4.20 Å². The van der Waals surface area contributed by atoms with Crippen molar-refractivity contribution in [2.24, 2.45) is 0 Å². The van der Waals surface area contributed by atoms with Crippen LogP contribution in [0.3, 0.4) is 0 Å². The molecule has 8 nitrogen and oxygen atoms in total. The minimum atomic E-state index is -10.7. The second-order valence-electron chi connectivity index (χ2n) is 14.8. The Bertz CT molecular complexity index is 1720. The van der Waals surface area contributed by atoms with E-state index in [1.807, 2.05) is 0 Å². The molecule has 0 saturated heterocycles. The SMILES string of the molecule is Cc1cc(C)c(N2C=CN(CN(CN3C=CN(c4c(C)cc(C)cc4C)C3)CN3C=CN(c4c(C)cc(C)cc4C)C3)C2)c(C)c1.F[P-](F)(F)(F)(F)F.[N]#[Fe]. The van der Waals surface area contributed by atoms with Crippen LogP contribution >= 0.6 is 7.81 Å². The fraction of sp³-hybridized carbons (Fsp3) is 0.385. The standard InChI is InChI=1S/C39H51N7.F6P.Fe.N/c1-28-16-31(4)37(32(5)17-28)44-13-10-40(25-44)22-43(23-41-11-14-45(26-41)38-33(6)18-29(2)19-34(38)7)24-42-12-15-46(27-42)39-35(8)20-30(3)21-36(39)9;1-7(2,3,4,5)6;;/h10-21H,22-27H2,1-9H3;;;/q;-1;;. The van der Waals surface area contributed by atoms with Gasteiger partial charge >= 0.3 is 52.8 Å². The number of benzene rings is 3. The number of nitrogens with zero attached hydrogens (tertiary/aromatic N) is 8. The first-order valence-electron chi connectivity index (χ1n) is 17.7. The van der Waals surface area contributed by atoms with E-state index in [1.54, 1.807) is 0 Å². The Hall–Kier alpha value is -4.12. The van der Waals surface area contributed by atoms with Crippen molar-refractivity contribution in [3.8, 4) is 0 Å². The average Bonchev–Trinajstić information content (AvgIpc) is 3.78. The predicted octanol–water partition coefficient (Wildman–Crippen LogP) is 11.1.